The van der Waals surface area contributed by atoms with Crippen LogP contribution >= 0.6 is 0 Å². The Kier molecular flexibility index (Phi) is 3.38. The van der Waals surface area contributed by atoms with Crippen LogP contribution in [0.3, 0.4) is 0 Å². The highest BCUT2D eigenvalue weighted by atomic mass is 15.3. The fourth-order valence-electron chi connectivity index (χ4n) is 2.79. The van der Waals surface area contributed by atoms with Crippen molar-refractivity contribution in [2.45, 2.75) is 53.1 Å². The zero-order valence-electron chi connectivity index (χ0n) is 12.8. The van der Waals surface area contributed by atoms with E-state index in [-0.39, 0.29) is 0 Å². The molecule has 2 aromatic rings. The molecular weight excluding hydrogens is 246 g/mol. The number of hydrogen-bond acceptors (Lipinski definition) is 2. The maximum Gasteiger partial charge on any atom is 0.0654 e. The molecule has 0 spiro atoms. The van der Waals surface area contributed by atoms with Crippen LogP contribution in [0.25, 0.3) is 5.69 Å². The number of aromatic nitrogens is 2. The van der Waals surface area contributed by atoms with Crippen LogP contribution in [0, 0.1) is 27.7 Å². The van der Waals surface area contributed by atoms with Crippen molar-refractivity contribution in [1.82, 2.24) is 15.1 Å². The maximum atomic E-state index is 4.74. The summed E-state index contributed by atoms with van der Waals surface area (Å²) in [6, 6.07) is 7.33. The minimum Gasteiger partial charge on any atom is -0.310 e. The smallest absolute Gasteiger partial charge is 0.0654 e. The van der Waals surface area contributed by atoms with Crippen LogP contribution in [0.5, 0.6) is 0 Å². The lowest BCUT2D eigenvalue weighted by molar-refractivity contribution is 0.682. The van der Waals surface area contributed by atoms with Gasteiger partial charge in [-0.2, -0.15) is 5.10 Å². The molecule has 0 amide bonds. The minimum atomic E-state index is 0.735. The van der Waals surface area contributed by atoms with E-state index in [1.807, 2.05) is 0 Å². The summed E-state index contributed by atoms with van der Waals surface area (Å²) in [7, 11) is 0. The van der Waals surface area contributed by atoms with E-state index in [0.29, 0.717) is 0 Å². The molecule has 0 aliphatic heterocycles. The van der Waals surface area contributed by atoms with Crippen molar-refractivity contribution in [2.75, 3.05) is 0 Å². The van der Waals surface area contributed by atoms with Crippen LogP contribution in [0.2, 0.25) is 0 Å². The van der Waals surface area contributed by atoms with Crippen LogP contribution < -0.4 is 5.32 Å². The summed E-state index contributed by atoms with van der Waals surface area (Å²) in [6.45, 7) is 9.49. The third-order valence-electron chi connectivity index (χ3n) is 4.04. The minimum absolute atomic E-state index is 0.735. The first-order valence-electron chi connectivity index (χ1n) is 7.42. The van der Waals surface area contributed by atoms with E-state index in [4.69, 9.17) is 5.10 Å². The Hall–Kier alpha value is -1.61. The zero-order chi connectivity index (χ0) is 14.3. The largest absolute Gasteiger partial charge is 0.310 e. The van der Waals surface area contributed by atoms with Gasteiger partial charge in [0.25, 0.3) is 0 Å². The van der Waals surface area contributed by atoms with Crippen LogP contribution in [0.1, 0.15) is 40.9 Å². The van der Waals surface area contributed by atoms with E-state index < -0.39 is 0 Å². The molecule has 1 heterocycles. The van der Waals surface area contributed by atoms with E-state index in [2.05, 4.69) is 55.9 Å². The zero-order valence-corrected chi connectivity index (χ0v) is 12.8. The lowest BCUT2D eigenvalue weighted by Gasteiger charge is -2.08. The van der Waals surface area contributed by atoms with Gasteiger partial charge in [-0.3, -0.25) is 0 Å². The average molecular weight is 269 g/mol. The molecule has 1 N–H and O–H groups in total. The highest BCUT2D eigenvalue weighted by molar-refractivity contribution is 5.42. The third-order valence-corrected chi connectivity index (χ3v) is 4.04. The van der Waals surface area contributed by atoms with E-state index in [9.17, 15) is 0 Å². The molecule has 106 valence electrons. The molecule has 1 aromatic heterocycles. The molecule has 1 saturated carbocycles. The first-order valence-corrected chi connectivity index (χ1v) is 7.42. The molecule has 20 heavy (non-hydrogen) atoms. The molecule has 1 aromatic carbocycles. The molecule has 3 rings (SSSR count). The van der Waals surface area contributed by atoms with Gasteiger partial charge in [0, 0.05) is 23.8 Å². The van der Waals surface area contributed by atoms with Gasteiger partial charge in [0.05, 0.1) is 11.4 Å². The average Bonchev–Trinajstić information content (AvgIpc) is 3.14. The van der Waals surface area contributed by atoms with Gasteiger partial charge in [0.1, 0.15) is 0 Å². The first-order chi connectivity index (χ1) is 9.54. The van der Waals surface area contributed by atoms with Crippen molar-refractivity contribution in [3.05, 3.63) is 46.3 Å². The molecule has 3 nitrogen and oxygen atoms in total. The Morgan fingerprint density at radius 3 is 2.35 bits per heavy atom. The van der Waals surface area contributed by atoms with Gasteiger partial charge in [0.15, 0.2) is 0 Å². The van der Waals surface area contributed by atoms with Gasteiger partial charge in [-0.05, 0) is 63.8 Å². The molecule has 3 heteroatoms. The van der Waals surface area contributed by atoms with Crippen molar-refractivity contribution >= 4 is 0 Å². The predicted octanol–water partition coefficient (Wildman–Crippen LogP) is 3.36. The number of nitrogens with zero attached hydrogens (tertiary/aromatic N) is 2. The molecule has 0 saturated heterocycles. The third kappa shape index (κ3) is 2.63. The molecule has 0 radical (unpaired) electrons. The Bertz CT molecular complexity index is 616. The fourth-order valence-corrected chi connectivity index (χ4v) is 2.79. The topological polar surface area (TPSA) is 29.9 Å². The molecule has 0 atom stereocenters. The van der Waals surface area contributed by atoms with E-state index in [1.54, 1.807) is 0 Å². The second kappa shape index (κ2) is 5.06. The normalized spacial score (nSPS) is 14.8. The predicted molar refractivity (Wildman–Crippen MR) is 82.4 cm³/mol. The van der Waals surface area contributed by atoms with Crippen LogP contribution in [-0.2, 0) is 6.54 Å². The summed E-state index contributed by atoms with van der Waals surface area (Å²) in [4.78, 5) is 0. The van der Waals surface area contributed by atoms with Crippen molar-refractivity contribution in [1.29, 1.82) is 0 Å². The first kappa shape index (κ1) is 13.4. The maximum absolute atomic E-state index is 4.74. The summed E-state index contributed by atoms with van der Waals surface area (Å²) >= 11 is 0. The molecule has 1 aliphatic carbocycles. The van der Waals surface area contributed by atoms with Gasteiger partial charge in [-0.15, -0.1) is 0 Å². The number of nitrogens with one attached hydrogen (secondary N) is 1. The quantitative estimate of drug-likeness (QED) is 0.922. The SMILES string of the molecule is Cc1cc(C)cc(-n2nc(C)c(CNC3CC3)c2C)c1. The van der Waals surface area contributed by atoms with Gasteiger partial charge < -0.3 is 5.32 Å². The summed E-state index contributed by atoms with van der Waals surface area (Å²) in [5, 5.41) is 8.33. The van der Waals surface area contributed by atoms with Gasteiger partial charge >= 0.3 is 0 Å². The number of hydrogen-bond donors (Lipinski definition) is 1. The Labute approximate surface area is 121 Å². The van der Waals surface area contributed by atoms with Crippen LogP contribution in [-0.4, -0.2) is 15.8 Å². The van der Waals surface area contributed by atoms with Crippen LogP contribution in [0.15, 0.2) is 18.2 Å². The number of aryl methyl sites for hydroxylation is 3. The molecule has 1 aliphatic rings. The summed E-state index contributed by atoms with van der Waals surface area (Å²) in [5.41, 5.74) is 7.46. The highest BCUT2D eigenvalue weighted by Crippen LogP contribution is 2.23. The van der Waals surface area contributed by atoms with E-state index in [0.717, 1.165) is 18.3 Å². The van der Waals surface area contributed by atoms with Crippen molar-refractivity contribution in [3.63, 3.8) is 0 Å². The Morgan fingerprint density at radius 2 is 1.75 bits per heavy atom. The number of benzene rings is 1. The van der Waals surface area contributed by atoms with Crippen molar-refractivity contribution in [3.8, 4) is 5.69 Å². The van der Waals surface area contributed by atoms with Crippen LogP contribution in [0.4, 0.5) is 0 Å². The van der Waals surface area contributed by atoms with E-state index in [1.165, 1.54) is 40.9 Å². The van der Waals surface area contributed by atoms with E-state index >= 15 is 0 Å². The highest BCUT2D eigenvalue weighted by Gasteiger charge is 2.22. The Morgan fingerprint density at radius 1 is 1.10 bits per heavy atom. The lowest BCUT2D eigenvalue weighted by atomic mass is 10.1. The number of rotatable bonds is 4. The standard InChI is InChI=1S/C17H23N3/c1-11-7-12(2)9-16(8-11)20-14(4)17(13(3)19-20)10-18-15-5-6-15/h7-9,15,18H,5-6,10H2,1-4H3. The summed E-state index contributed by atoms with van der Waals surface area (Å²) in [5.74, 6) is 0. The van der Waals surface area contributed by atoms with Crippen molar-refractivity contribution < 1.29 is 0 Å². The molecule has 0 bridgehead atoms. The summed E-state index contributed by atoms with van der Waals surface area (Å²) < 4.78 is 2.08. The molecular formula is C17H23N3. The summed E-state index contributed by atoms with van der Waals surface area (Å²) in [6.07, 6.45) is 2.65. The van der Waals surface area contributed by atoms with Gasteiger partial charge in [-0.25, -0.2) is 4.68 Å². The van der Waals surface area contributed by atoms with Gasteiger partial charge in [0.2, 0.25) is 0 Å². The van der Waals surface area contributed by atoms with Crippen molar-refractivity contribution in [2.24, 2.45) is 0 Å². The molecule has 0 unspecified atom stereocenters. The second-order valence-corrected chi connectivity index (χ2v) is 6.06. The monoisotopic (exact) mass is 269 g/mol. The lowest BCUT2D eigenvalue weighted by Crippen LogP contribution is -2.16. The molecule has 1 fully saturated rings. The van der Waals surface area contributed by atoms with Gasteiger partial charge in [-0.1, -0.05) is 6.07 Å². The fraction of sp³-hybridized carbons (Fsp3) is 0.471. The second-order valence-electron chi connectivity index (χ2n) is 6.06. The Balaban J connectivity index is 1.94.